The van der Waals surface area contributed by atoms with E-state index in [2.05, 4.69) is 312 Å². The number of nitrogens with zero attached hydrogens (tertiary/aromatic N) is 3. The van der Waals surface area contributed by atoms with Gasteiger partial charge in [0, 0.05) is 44.9 Å². The normalized spacial score (nSPS) is 12.4. The van der Waals surface area contributed by atoms with Crippen molar-refractivity contribution in [2.24, 2.45) is 0 Å². The van der Waals surface area contributed by atoms with Crippen LogP contribution >= 0.6 is 0 Å². The lowest BCUT2D eigenvalue weighted by molar-refractivity contribution is 0.768. The van der Waals surface area contributed by atoms with Gasteiger partial charge in [-0.25, -0.2) is 0 Å². The summed E-state index contributed by atoms with van der Waals surface area (Å²) in [6, 6.07) is 109. The van der Waals surface area contributed by atoms with Gasteiger partial charge in [-0.1, -0.05) is 206 Å². The Bertz CT molecular complexity index is 4090. The van der Waals surface area contributed by atoms with E-state index in [1.807, 2.05) is 0 Å². The van der Waals surface area contributed by atoms with Gasteiger partial charge in [0.25, 0.3) is 0 Å². The van der Waals surface area contributed by atoms with E-state index >= 15 is 0 Å². The molecule has 12 aromatic carbocycles. The molecular weight excluding hydrogens is 895 g/mol. The molecule has 1 aliphatic carbocycles. The SMILES string of the molecule is c1ccc(N(c2ccc(-c3cc(N(c4ccccc4)c4ccccc4)c4c5ccccc5n(-c5ccc6ccccc6c5)c4c3)cc2)c2ccc3c(c2)C(c2ccccc2)(c2ccccc2)c2ccccc2-3)cc1. The van der Waals surface area contributed by atoms with Crippen molar-refractivity contribution in [2.45, 2.75) is 5.41 Å². The number of fused-ring (bicyclic) bond motifs is 7. The summed E-state index contributed by atoms with van der Waals surface area (Å²) in [6.45, 7) is 0. The molecule has 3 nitrogen and oxygen atoms in total. The summed E-state index contributed by atoms with van der Waals surface area (Å²) in [4.78, 5) is 4.83. The molecule has 0 atom stereocenters. The highest BCUT2D eigenvalue weighted by atomic mass is 15.2. The van der Waals surface area contributed by atoms with E-state index in [9.17, 15) is 0 Å². The number of aromatic nitrogens is 1. The third-order valence-corrected chi connectivity index (χ3v) is 15.2. The minimum atomic E-state index is -0.518. The van der Waals surface area contributed by atoms with Gasteiger partial charge in [0.1, 0.15) is 0 Å². The van der Waals surface area contributed by atoms with Crippen LogP contribution in [0.5, 0.6) is 0 Å². The van der Waals surface area contributed by atoms with Gasteiger partial charge < -0.3 is 14.4 Å². The smallest absolute Gasteiger partial charge is 0.0714 e. The predicted octanol–water partition coefficient (Wildman–Crippen LogP) is 18.9. The van der Waals surface area contributed by atoms with Gasteiger partial charge in [-0.15, -0.1) is 0 Å². The van der Waals surface area contributed by atoms with Crippen molar-refractivity contribution in [1.82, 2.24) is 4.57 Å². The van der Waals surface area contributed by atoms with Gasteiger partial charge in [0.05, 0.1) is 22.1 Å². The molecule has 0 amide bonds. The fourth-order valence-electron chi connectivity index (χ4n) is 12.0. The van der Waals surface area contributed by atoms with Crippen molar-refractivity contribution in [1.29, 1.82) is 0 Å². The second kappa shape index (κ2) is 17.9. The Hall–Kier alpha value is -9.70. The van der Waals surface area contributed by atoms with Crippen LogP contribution in [0.2, 0.25) is 0 Å². The Morgan fingerprint density at radius 2 is 0.811 bits per heavy atom. The summed E-state index contributed by atoms with van der Waals surface area (Å²) >= 11 is 0. The Morgan fingerprint density at radius 3 is 1.47 bits per heavy atom. The average molecular weight is 944 g/mol. The molecule has 14 rings (SSSR count). The number of para-hydroxylation sites is 4. The first-order valence-electron chi connectivity index (χ1n) is 25.5. The van der Waals surface area contributed by atoms with Crippen LogP contribution in [-0.4, -0.2) is 4.57 Å². The van der Waals surface area contributed by atoms with Gasteiger partial charge in [-0.3, -0.25) is 0 Å². The van der Waals surface area contributed by atoms with Crippen molar-refractivity contribution in [2.75, 3.05) is 9.80 Å². The minimum Gasteiger partial charge on any atom is -0.310 e. The topological polar surface area (TPSA) is 11.4 Å². The zero-order valence-electron chi connectivity index (χ0n) is 40.6. The lowest BCUT2D eigenvalue weighted by Gasteiger charge is -2.35. The van der Waals surface area contributed by atoms with Crippen molar-refractivity contribution in [3.05, 3.63) is 320 Å². The maximum Gasteiger partial charge on any atom is 0.0714 e. The molecule has 1 aliphatic rings. The molecule has 348 valence electrons. The highest BCUT2D eigenvalue weighted by molar-refractivity contribution is 6.18. The van der Waals surface area contributed by atoms with Gasteiger partial charge in [-0.2, -0.15) is 0 Å². The van der Waals surface area contributed by atoms with Gasteiger partial charge in [0.15, 0.2) is 0 Å². The standard InChI is InChI=1S/C71H49N3/c1-6-24-54(25-7-1)71(55-26-8-2-9-27-55)65-36-20-18-34-62(65)63-45-44-61(49-66(63)71)72(56-28-10-3-11-29-56)59-41-38-51(39-42-59)53-47-68(73(57-30-12-4-13-31-57)58-32-14-5-15-33-58)70-64-35-19-21-37-67(64)74(69(70)48-53)60-43-40-50-22-16-17-23-52(50)46-60/h1-49H. The fraction of sp³-hybridized carbons (Fsp3) is 0.0141. The minimum absolute atomic E-state index is 0.518. The van der Waals surface area contributed by atoms with Crippen LogP contribution in [0.4, 0.5) is 34.1 Å². The molecule has 74 heavy (non-hydrogen) atoms. The Labute approximate surface area is 431 Å². The van der Waals surface area contributed by atoms with Crippen molar-refractivity contribution in [3.63, 3.8) is 0 Å². The highest BCUT2D eigenvalue weighted by Gasteiger charge is 2.46. The van der Waals surface area contributed by atoms with E-state index in [1.165, 1.54) is 54.9 Å². The average Bonchev–Trinajstić information content (AvgIpc) is 3.98. The van der Waals surface area contributed by atoms with Crippen LogP contribution in [0.1, 0.15) is 22.3 Å². The monoisotopic (exact) mass is 943 g/mol. The molecule has 0 unspecified atom stereocenters. The van der Waals surface area contributed by atoms with E-state index in [4.69, 9.17) is 0 Å². The van der Waals surface area contributed by atoms with Crippen LogP contribution in [0.25, 0.3) is 60.5 Å². The zero-order valence-corrected chi connectivity index (χ0v) is 40.6. The number of rotatable bonds is 10. The maximum absolute atomic E-state index is 2.46. The summed E-state index contributed by atoms with van der Waals surface area (Å²) < 4.78 is 2.46. The zero-order chi connectivity index (χ0) is 49.0. The largest absolute Gasteiger partial charge is 0.310 e. The Balaban J connectivity index is 0.971. The van der Waals surface area contributed by atoms with Crippen LogP contribution in [0, 0.1) is 0 Å². The predicted molar refractivity (Wildman–Crippen MR) is 310 cm³/mol. The summed E-state index contributed by atoms with van der Waals surface area (Å²) in [5.74, 6) is 0. The summed E-state index contributed by atoms with van der Waals surface area (Å²) in [7, 11) is 0. The van der Waals surface area contributed by atoms with Crippen molar-refractivity contribution >= 4 is 66.7 Å². The fourth-order valence-corrected chi connectivity index (χ4v) is 12.0. The van der Waals surface area contributed by atoms with Crippen molar-refractivity contribution < 1.29 is 0 Å². The molecule has 1 aromatic heterocycles. The number of benzene rings is 12. The molecule has 0 fully saturated rings. The van der Waals surface area contributed by atoms with E-state index in [0.717, 1.165) is 62.0 Å². The van der Waals surface area contributed by atoms with E-state index in [-0.39, 0.29) is 0 Å². The quantitative estimate of drug-likeness (QED) is 0.135. The molecule has 0 N–H and O–H groups in total. The molecule has 0 saturated heterocycles. The van der Waals surface area contributed by atoms with Crippen molar-refractivity contribution in [3.8, 4) is 27.9 Å². The summed E-state index contributed by atoms with van der Waals surface area (Å²) in [5, 5.41) is 4.82. The number of hydrogen-bond acceptors (Lipinski definition) is 2. The molecule has 13 aromatic rings. The Kier molecular flexibility index (Phi) is 10.4. The molecule has 0 aliphatic heterocycles. The third kappa shape index (κ3) is 6.97. The van der Waals surface area contributed by atoms with E-state index in [0.29, 0.717) is 0 Å². The van der Waals surface area contributed by atoms with Crippen LogP contribution in [-0.2, 0) is 5.41 Å². The number of hydrogen-bond donors (Lipinski definition) is 0. The lowest BCUT2D eigenvalue weighted by atomic mass is 9.67. The third-order valence-electron chi connectivity index (χ3n) is 15.2. The molecule has 1 heterocycles. The maximum atomic E-state index is 2.46. The lowest BCUT2D eigenvalue weighted by Crippen LogP contribution is -2.28. The molecule has 0 radical (unpaired) electrons. The van der Waals surface area contributed by atoms with Crippen LogP contribution < -0.4 is 9.80 Å². The van der Waals surface area contributed by atoms with E-state index in [1.54, 1.807) is 0 Å². The highest BCUT2D eigenvalue weighted by Crippen LogP contribution is 2.57. The molecule has 0 spiro atoms. The van der Waals surface area contributed by atoms with Crippen LogP contribution in [0.15, 0.2) is 297 Å². The van der Waals surface area contributed by atoms with Gasteiger partial charge in [-0.05, 0) is 146 Å². The molecular formula is C71H49N3. The molecule has 0 bridgehead atoms. The first-order chi connectivity index (χ1) is 36.7. The first kappa shape index (κ1) is 43.1. The molecule has 3 heteroatoms. The van der Waals surface area contributed by atoms with E-state index < -0.39 is 5.41 Å². The van der Waals surface area contributed by atoms with Crippen LogP contribution in [0.3, 0.4) is 0 Å². The number of anilines is 6. The first-order valence-corrected chi connectivity index (χ1v) is 25.5. The van der Waals surface area contributed by atoms with Gasteiger partial charge in [0.2, 0.25) is 0 Å². The summed E-state index contributed by atoms with van der Waals surface area (Å²) in [5.41, 5.74) is 19.3. The Morgan fingerprint density at radius 1 is 0.297 bits per heavy atom. The second-order valence-electron chi connectivity index (χ2n) is 19.3. The summed E-state index contributed by atoms with van der Waals surface area (Å²) in [6.07, 6.45) is 0. The van der Waals surface area contributed by atoms with Gasteiger partial charge >= 0.3 is 0 Å². The second-order valence-corrected chi connectivity index (χ2v) is 19.3. The molecule has 0 saturated carbocycles.